The molecule has 0 amide bonds. The average molecular weight is 277 g/mol. The Morgan fingerprint density at radius 2 is 2.11 bits per heavy atom. The number of rotatable bonds is 7. The fraction of sp³-hybridized carbons (Fsp3) is 0.500. The molecule has 104 valence electrons. The zero-order valence-electron chi connectivity index (χ0n) is 12.0. The molecule has 0 bridgehead atoms. The highest BCUT2D eigenvalue weighted by molar-refractivity contribution is 7.17. The van der Waals surface area contributed by atoms with Crippen LogP contribution in [-0.4, -0.2) is 25.8 Å². The summed E-state index contributed by atoms with van der Waals surface area (Å²) in [5, 5.41) is 7.28. The molecule has 0 aliphatic carbocycles. The fourth-order valence-electron chi connectivity index (χ4n) is 2.33. The Morgan fingerprint density at radius 1 is 1.32 bits per heavy atom. The summed E-state index contributed by atoms with van der Waals surface area (Å²) < 4.78 is 6.88. The van der Waals surface area contributed by atoms with Crippen molar-refractivity contribution in [2.75, 3.05) is 13.7 Å². The topological polar surface area (TPSA) is 21.3 Å². The van der Waals surface area contributed by atoms with Crippen molar-refractivity contribution in [3.8, 4) is 0 Å². The van der Waals surface area contributed by atoms with E-state index in [0.29, 0.717) is 6.04 Å². The molecule has 3 heteroatoms. The van der Waals surface area contributed by atoms with E-state index in [4.69, 9.17) is 4.74 Å². The first-order chi connectivity index (χ1) is 9.26. The molecule has 0 saturated carbocycles. The first kappa shape index (κ1) is 14.5. The van der Waals surface area contributed by atoms with Gasteiger partial charge in [-0.3, -0.25) is 0 Å². The van der Waals surface area contributed by atoms with Gasteiger partial charge in [-0.2, -0.15) is 0 Å². The average Bonchev–Trinajstić information content (AvgIpc) is 2.86. The summed E-state index contributed by atoms with van der Waals surface area (Å²) in [6, 6.07) is 9.01. The van der Waals surface area contributed by atoms with Crippen molar-refractivity contribution >= 4 is 21.4 Å². The molecule has 0 aliphatic heterocycles. The van der Waals surface area contributed by atoms with Crippen LogP contribution in [0.4, 0.5) is 0 Å². The molecule has 0 fully saturated rings. The largest absolute Gasteiger partial charge is 0.380 e. The lowest BCUT2D eigenvalue weighted by molar-refractivity contribution is 0.0832. The molecular formula is C16H23NOS. The normalized spacial score (nSPS) is 14.7. The standard InChI is InChI=1S/C16H23NOS/c1-4-9-17-15(12(2)18-3)10-13-11-19-16-8-6-5-7-14(13)16/h5-8,11-12,15,17H,4,9-10H2,1-3H3. The maximum atomic E-state index is 5.51. The second kappa shape index (κ2) is 7.04. The molecule has 1 aromatic heterocycles. The third kappa shape index (κ3) is 3.56. The van der Waals surface area contributed by atoms with Gasteiger partial charge in [0.2, 0.25) is 0 Å². The molecule has 2 unspecified atom stereocenters. The summed E-state index contributed by atoms with van der Waals surface area (Å²) in [6.07, 6.45) is 2.40. The smallest absolute Gasteiger partial charge is 0.0699 e. The highest BCUT2D eigenvalue weighted by Gasteiger charge is 2.18. The van der Waals surface area contributed by atoms with Crippen LogP contribution in [0, 0.1) is 0 Å². The minimum atomic E-state index is 0.227. The zero-order valence-corrected chi connectivity index (χ0v) is 12.8. The fourth-order valence-corrected chi connectivity index (χ4v) is 3.30. The van der Waals surface area contributed by atoms with E-state index >= 15 is 0 Å². The summed E-state index contributed by atoms with van der Waals surface area (Å²) in [5.74, 6) is 0. The van der Waals surface area contributed by atoms with Gasteiger partial charge in [-0.05, 0) is 48.7 Å². The van der Waals surface area contributed by atoms with E-state index in [2.05, 4.69) is 48.8 Å². The van der Waals surface area contributed by atoms with Crippen LogP contribution in [0.25, 0.3) is 10.1 Å². The van der Waals surface area contributed by atoms with Crippen molar-refractivity contribution in [2.24, 2.45) is 0 Å². The number of hydrogen-bond donors (Lipinski definition) is 1. The Kier molecular flexibility index (Phi) is 5.37. The molecule has 0 spiro atoms. The summed E-state index contributed by atoms with van der Waals surface area (Å²) >= 11 is 1.83. The van der Waals surface area contributed by atoms with Gasteiger partial charge in [-0.1, -0.05) is 25.1 Å². The number of nitrogens with one attached hydrogen (secondary N) is 1. The quantitative estimate of drug-likeness (QED) is 0.830. The Hall–Kier alpha value is -0.900. The molecule has 0 saturated heterocycles. The molecule has 19 heavy (non-hydrogen) atoms. The van der Waals surface area contributed by atoms with E-state index in [0.717, 1.165) is 19.4 Å². The summed E-state index contributed by atoms with van der Waals surface area (Å²) in [7, 11) is 1.79. The molecular weight excluding hydrogens is 254 g/mol. The van der Waals surface area contributed by atoms with Crippen molar-refractivity contribution in [1.29, 1.82) is 0 Å². The summed E-state index contributed by atoms with van der Waals surface area (Å²) in [6.45, 7) is 5.38. The maximum Gasteiger partial charge on any atom is 0.0699 e. The van der Waals surface area contributed by atoms with Crippen LogP contribution >= 0.6 is 11.3 Å². The third-order valence-corrected chi connectivity index (χ3v) is 4.61. The molecule has 1 aromatic carbocycles. The first-order valence-electron chi connectivity index (χ1n) is 6.97. The van der Waals surface area contributed by atoms with E-state index in [9.17, 15) is 0 Å². The number of thiophene rings is 1. The minimum Gasteiger partial charge on any atom is -0.380 e. The van der Waals surface area contributed by atoms with Crippen LogP contribution in [0.15, 0.2) is 29.6 Å². The molecule has 2 nitrogen and oxygen atoms in total. The van der Waals surface area contributed by atoms with Crippen LogP contribution in [0.1, 0.15) is 25.8 Å². The van der Waals surface area contributed by atoms with Gasteiger partial charge in [0, 0.05) is 17.9 Å². The molecule has 1 heterocycles. The third-order valence-electron chi connectivity index (χ3n) is 3.60. The lowest BCUT2D eigenvalue weighted by Gasteiger charge is -2.24. The monoisotopic (exact) mass is 277 g/mol. The molecule has 2 atom stereocenters. The number of benzene rings is 1. The van der Waals surface area contributed by atoms with Crippen LogP contribution in [0.5, 0.6) is 0 Å². The van der Waals surface area contributed by atoms with E-state index in [1.54, 1.807) is 7.11 Å². The van der Waals surface area contributed by atoms with E-state index in [-0.39, 0.29) is 6.10 Å². The van der Waals surface area contributed by atoms with Crippen molar-refractivity contribution in [1.82, 2.24) is 5.32 Å². The van der Waals surface area contributed by atoms with Gasteiger partial charge in [-0.25, -0.2) is 0 Å². The lowest BCUT2D eigenvalue weighted by Crippen LogP contribution is -2.41. The second-order valence-electron chi connectivity index (χ2n) is 4.96. The number of hydrogen-bond acceptors (Lipinski definition) is 3. The molecule has 1 N–H and O–H groups in total. The van der Waals surface area contributed by atoms with Crippen LogP contribution < -0.4 is 5.32 Å². The Balaban J connectivity index is 2.15. The number of methoxy groups -OCH3 is 1. The van der Waals surface area contributed by atoms with Crippen molar-refractivity contribution in [2.45, 2.75) is 38.8 Å². The van der Waals surface area contributed by atoms with Gasteiger partial charge < -0.3 is 10.1 Å². The first-order valence-corrected chi connectivity index (χ1v) is 7.85. The van der Waals surface area contributed by atoms with Crippen LogP contribution in [0.2, 0.25) is 0 Å². The summed E-state index contributed by atoms with van der Waals surface area (Å²) in [4.78, 5) is 0. The lowest BCUT2D eigenvalue weighted by atomic mass is 10.0. The Morgan fingerprint density at radius 3 is 2.84 bits per heavy atom. The predicted molar refractivity (Wildman–Crippen MR) is 84.1 cm³/mol. The highest BCUT2D eigenvalue weighted by atomic mass is 32.1. The Labute approximate surface area is 119 Å². The van der Waals surface area contributed by atoms with Gasteiger partial charge in [0.05, 0.1) is 6.10 Å². The Bertz CT molecular complexity index is 508. The minimum absolute atomic E-state index is 0.227. The van der Waals surface area contributed by atoms with Gasteiger partial charge in [0.15, 0.2) is 0 Å². The molecule has 0 radical (unpaired) electrons. The highest BCUT2D eigenvalue weighted by Crippen LogP contribution is 2.27. The van der Waals surface area contributed by atoms with E-state index in [1.165, 1.54) is 15.6 Å². The van der Waals surface area contributed by atoms with Crippen molar-refractivity contribution in [3.05, 3.63) is 35.2 Å². The van der Waals surface area contributed by atoms with Crippen LogP contribution in [0.3, 0.4) is 0 Å². The van der Waals surface area contributed by atoms with Gasteiger partial charge in [0.1, 0.15) is 0 Å². The van der Waals surface area contributed by atoms with Crippen molar-refractivity contribution in [3.63, 3.8) is 0 Å². The maximum absolute atomic E-state index is 5.51. The van der Waals surface area contributed by atoms with Crippen molar-refractivity contribution < 1.29 is 4.74 Å². The molecule has 2 aromatic rings. The van der Waals surface area contributed by atoms with Gasteiger partial charge in [0.25, 0.3) is 0 Å². The number of ether oxygens (including phenoxy) is 1. The van der Waals surface area contributed by atoms with E-state index in [1.807, 2.05) is 11.3 Å². The van der Waals surface area contributed by atoms with Gasteiger partial charge >= 0.3 is 0 Å². The predicted octanol–water partition coefficient (Wildman–Crippen LogP) is 3.85. The number of fused-ring (bicyclic) bond motifs is 1. The molecule has 2 rings (SSSR count). The van der Waals surface area contributed by atoms with E-state index < -0.39 is 0 Å². The van der Waals surface area contributed by atoms with Crippen LogP contribution in [-0.2, 0) is 11.2 Å². The molecule has 0 aliphatic rings. The zero-order chi connectivity index (χ0) is 13.7. The summed E-state index contributed by atoms with van der Waals surface area (Å²) in [5.41, 5.74) is 1.43. The van der Waals surface area contributed by atoms with Gasteiger partial charge in [-0.15, -0.1) is 11.3 Å². The second-order valence-corrected chi connectivity index (χ2v) is 5.87. The SMILES string of the molecule is CCCNC(Cc1csc2ccccc12)C(C)OC.